The van der Waals surface area contributed by atoms with E-state index in [1.165, 1.54) is 12.1 Å². The summed E-state index contributed by atoms with van der Waals surface area (Å²) in [5, 5.41) is 9.28. The monoisotopic (exact) mass is 553 g/mol. The van der Waals surface area contributed by atoms with Crippen molar-refractivity contribution in [3.05, 3.63) is 95.8 Å². The summed E-state index contributed by atoms with van der Waals surface area (Å²) in [7, 11) is 0. The Morgan fingerprint density at radius 3 is 2.12 bits per heavy atom. The molecule has 0 heterocycles. The Morgan fingerprint density at radius 2 is 1.48 bits per heavy atom. The van der Waals surface area contributed by atoms with E-state index in [-0.39, 0.29) is 25.5 Å². The summed E-state index contributed by atoms with van der Waals surface area (Å²) >= 11 is 0. The highest BCUT2D eigenvalue weighted by Gasteiger charge is 2.18. The number of hydrogen-bond acceptors (Lipinski definition) is 6. The lowest BCUT2D eigenvalue weighted by Crippen LogP contribution is -2.36. The van der Waals surface area contributed by atoms with E-state index in [0.29, 0.717) is 50.6 Å². The van der Waals surface area contributed by atoms with E-state index in [9.17, 15) is 19.1 Å². The van der Waals surface area contributed by atoms with Gasteiger partial charge in [0, 0.05) is 19.6 Å². The van der Waals surface area contributed by atoms with Crippen molar-refractivity contribution >= 4 is 12.1 Å². The van der Waals surface area contributed by atoms with E-state index in [1.54, 1.807) is 48.2 Å². The number of carbonyl (C=O) groups is 2. The van der Waals surface area contributed by atoms with Gasteiger partial charge in [-0.15, -0.1) is 0 Å². The maximum Gasteiger partial charge on any atom is 0.410 e. The average Bonchev–Trinajstić information content (AvgIpc) is 2.97. The fourth-order valence-electron chi connectivity index (χ4n) is 3.86. The fourth-order valence-corrected chi connectivity index (χ4v) is 3.86. The van der Waals surface area contributed by atoms with Gasteiger partial charge in [0.15, 0.2) is 6.10 Å². The van der Waals surface area contributed by atoms with E-state index >= 15 is 0 Å². The maximum atomic E-state index is 13.1. The Balaban J connectivity index is 1.48. The Morgan fingerprint density at radius 1 is 0.825 bits per heavy atom. The average molecular weight is 554 g/mol. The summed E-state index contributed by atoms with van der Waals surface area (Å²) in [5.41, 5.74) is 1.72. The molecule has 0 radical (unpaired) electrons. The van der Waals surface area contributed by atoms with Crippen molar-refractivity contribution in [1.29, 1.82) is 0 Å². The minimum atomic E-state index is -0.997. The standard InChI is InChI=1S/C31H36FNO7/c1-2-37-29(30(34)35)22-24-10-14-27(15-11-24)39-21-19-33(31(36)40-23-25-8-4-3-5-9-25)18-6-7-20-38-28-16-12-26(32)13-17-28/h3-5,8-17,29H,2,6-7,18-23H2,1H3,(H,34,35). The third-order valence-electron chi connectivity index (χ3n) is 5.99. The van der Waals surface area contributed by atoms with Crippen molar-refractivity contribution < 1.29 is 38.0 Å². The number of carboxylic acids is 1. The number of halogens is 1. The third kappa shape index (κ3) is 10.9. The van der Waals surface area contributed by atoms with Crippen LogP contribution < -0.4 is 9.47 Å². The van der Waals surface area contributed by atoms with Crippen LogP contribution in [0.5, 0.6) is 11.5 Å². The number of amides is 1. The van der Waals surface area contributed by atoms with Gasteiger partial charge in [-0.1, -0.05) is 42.5 Å². The molecule has 0 aliphatic rings. The molecule has 214 valence electrons. The molecule has 40 heavy (non-hydrogen) atoms. The first-order chi connectivity index (χ1) is 19.4. The van der Waals surface area contributed by atoms with Crippen molar-refractivity contribution in [2.24, 2.45) is 0 Å². The van der Waals surface area contributed by atoms with Gasteiger partial charge in [0.1, 0.15) is 30.5 Å². The summed E-state index contributed by atoms with van der Waals surface area (Å²) in [6.45, 7) is 3.72. The third-order valence-corrected chi connectivity index (χ3v) is 5.99. The summed E-state index contributed by atoms with van der Waals surface area (Å²) in [4.78, 5) is 25.8. The molecule has 8 nitrogen and oxygen atoms in total. The predicted octanol–water partition coefficient (Wildman–Crippen LogP) is 5.73. The van der Waals surface area contributed by atoms with Crippen LogP contribution in [0.4, 0.5) is 9.18 Å². The molecule has 3 rings (SSSR count). The van der Waals surface area contributed by atoms with Crippen molar-refractivity contribution in [3.8, 4) is 11.5 Å². The molecule has 1 N–H and O–H groups in total. The van der Waals surface area contributed by atoms with Gasteiger partial charge in [-0.25, -0.2) is 14.0 Å². The van der Waals surface area contributed by atoms with E-state index < -0.39 is 18.2 Å². The topological polar surface area (TPSA) is 94.5 Å². The van der Waals surface area contributed by atoms with Crippen LogP contribution in [0.2, 0.25) is 0 Å². The lowest BCUT2D eigenvalue weighted by Gasteiger charge is -2.22. The van der Waals surface area contributed by atoms with Gasteiger partial charge in [-0.3, -0.25) is 0 Å². The van der Waals surface area contributed by atoms with Crippen molar-refractivity contribution in [1.82, 2.24) is 4.90 Å². The van der Waals surface area contributed by atoms with Crippen LogP contribution in [-0.2, 0) is 27.3 Å². The van der Waals surface area contributed by atoms with Crippen LogP contribution in [0.15, 0.2) is 78.9 Å². The minimum Gasteiger partial charge on any atom is -0.494 e. The van der Waals surface area contributed by atoms with Crippen molar-refractivity contribution in [2.45, 2.75) is 38.9 Å². The summed E-state index contributed by atoms with van der Waals surface area (Å²) in [6, 6.07) is 22.5. The first kappa shape index (κ1) is 30.4. The van der Waals surface area contributed by atoms with Crippen LogP contribution >= 0.6 is 0 Å². The van der Waals surface area contributed by atoms with E-state index in [2.05, 4.69) is 0 Å². The molecule has 3 aromatic carbocycles. The van der Waals surface area contributed by atoms with Gasteiger partial charge < -0.3 is 29.0 Å². The Hall–Kier alpha value is -4.11. The SMILES string of the molecule is CCOC(Cc1ccc(OCCN(CCCCOc2ccc(F)cc2)C(=O)OCc2ccccc2)cc1)C(=O)O. The molecule has 0 aromatic heterocycles. The fraction of sp³-hybridized carbons (Fsp3) is 0.355. The quantitative estimate of drug-likeness (QED) is 0.213. The number of nitrogens with zero attached hydrogens (tertiary/aromatic N) is 1. The van der Waals surface area contributed by atoms with Gasteiger partial charge in [0.25, 0.3) is 0 Å². The number of hydrogen-bond donors (Lipinski definition) is 1. The first-order valence-electron chi connectivity index (χ1n) is 13.3. The van der Waals surface area contributed by atoms with Gasteiger partial charge in [-0.2, -0.15) is 0 Å². The number of carbonyl (C=O) groups excluding carboxylic acids is 1. The number of ether oxygens (including phenoxy) is 4. The normalized spacial score (nSPS) is 11.4. The molecule has 0 saturated carbocycles. The van der Waals surface area contributed by atoms with E-state index in [0.717, 1.165) is 11.1 Å². The number of carboxylic acid groups (broad SMARTS) is 1. The molecule has 0 fully saturated rings. The Kier molecular flexibility index (Phi) is 12.8. The highest BCUT2D eigenvalue weighted by atomic mass is 19.1. The zero-order valence-electron chi connectivity index (χ0n) is 22.7. The molecule has 1 unspecified atom stereocenters. The second-order valence-corrected chi connectivity index (χ2v) is 9.02. The smallest absolute Gasteiger partial charge is 0.410 e. The molecular formula is C31H36FNO7. The zero-order chi connectivity index (χ0) is 28.6. The Labute approximate surface area is 234 Å². The molecule has 0 aliphatic heterocycles. The predicted molar refractivity (Wildman–Crippen MR) is 148 cm³/mol. The Bertz CT molecular complexity index is 1160. The van der Waals surface area contributed by atoms with Gasteiger partial charge in [0.05, 0.1) is 13.2 Å². The largest absolute Gasteiger partial charge is 0.494 e. The number of aliphatic carboxylic acids is 1. The maximum absolute atomic E-state index is 13.1. The summed E-state index contributed by atoms with van der Waals surface area (Å²) in [6.07, 6.45) is 0.309. The molecule has 1 atom stereocenters. The molecule has 9 heteroatoms. The zero-order valence-corrected chi connectivity index (χ0v) is 22.7. The van der Waals surface area contributed by atoms with Crippen LogP contribution in [0, 0.1) is 5.82 Å². The van der Waals surface area contributed by atoms with Crippen LogP contribution in [0.25, 0.3) is 0 Å². The number of unbranched alkanes of at least 4 members (excludes halogenated alkanes) is 1. The molecule has 1 amide bonds. The van der Waals surface area contributed by atoms with E-state index in [1.807, 2.05) is 30.3 Å². The summed E-state index contributed by atoms with van der Waals surface area (Å²) < 4.78 is 35.3. The number of benzene rings is 3. The molecule has 0 spiro atoms. The molecule has 0 aliphatic carbocycles. The second kappa shape index (κ2) is 16.8. The van der Waals surface area contributed by atoms with Crippen molar-refractivity contribution in [2.75, 3.05) is 32.9 Å². The highest BCUT2D eigenvalue weighted by molar-refractivity contribution is 5.72. The van der Waals surface area contributed by atoms with Gasteiger partial charge >= 0.3 is 12.1 Å². The summed E-state index contributed by atoms with van der Waals surface area (Å²) in [5.74, 6) is -0.111. The molecular weight excluding hydrogens is 517 g/mol. The van der Waals surface area contributed by atoms with Gasteiger partial charge in [-0.05, 0) is 67.3 Å². The molecule has 3 aromatic rings. The van der Waals surface area contributed by atoms with E-state index in [4.69, 9.17) is 18.9 Å². The van der Waals surface area contributed by atoms with Gasteiger partial charge in [0.2, 0.25) is 0 Å². The lowest BCUT2D eigenvalue weighted by atomic mass is 10.1. The van der Waals surface area contributed by atoms with Crippen LogP contribution in [-0.4, -0.2) is 61.1 Å². The second-order valence-electron chi connectivity index (χ2n) is 9.02. The highest BCUT2D eigenvalue weighted by Crippen LogP contribution is 2.15. The minimum absolute atomic E-state index is 0.172. The van der Waals surface area contributed by atoms with Crippen molar-refractivity contribution in [3.63, 3.8) is 0 Å². The molecule has 0 saturated heterocycles. The number of rotatable bonds is 17. The lowest BCUT2D eigenvalue weighted by molar-refractivity contribution is -0.149. The first-order valence-corrected chi connectivity index (χ1v) is 13.3. The molecule has 0 bridgehead atoms. The van der Waals surface area contributed by atoms with Crippen LogP contribution in [0.1, 0.15) is 30.9 Å². The van der Waals surface area contributed by atoms with Crippen LogP contribution in [0.3, 0.4) is 0 Å².